The van der Waals surface area contributed by atoms with E-state index in [1.54, 1.807) is 18.0 Å². The van der Waals surface area contributed by atoms with Gasteiger partial charge in [-0.05, 0) is 24.6 Å². The van der Waals surface area contributed by atoms with Crippen molar-refractivity contribution in [1.82, 2.24) is 9.88 Å². The molecule has 0 spiro atoms. The Morgan fingerprint density at radius 3 is 2.85 bits per heavy atom. The summed E-state index contributed by atoms with van der Waals surface area (Å²) >= 11 is 0. The van der Waals surface area contributed by atoms with E-state index in [0.717, 1.165) is 5.56 Å². The Bertz CT molecular complexity index is 673. The molecule has 1 amide bonds. The van der Waals surface area contributed by atoms with Crippen LogP contribution in [0.15, 0.2) is 42.6 Å². The summed E-state index contributed by atoms with van der Waals surface area (Å²) in [6.07, 6.45) is 1.48. The smallest absolute Gasteiger partial charge is 0.254 e. The monoisotopic (exact) mass is 265 g/mol. The molecule has 0 fully saturated rings. The van der Waals surface area contributed by atoms with Gasteiger partial charge in [0.2, 0.25) is 0 Å². The highest BCUT2D eigenvalue weighted by atomic mass is 16.2. The standard InChI is InChI=1S/C16H15N3O/c1-12-4-3-5-13(8-12)11-19(2)16(20)14-6-7-18-15(9-14)10-17/h3-9H,11H2,1-2H3. The van der Waals surface area contributed by atoms with E-state index in [-0.39, 0.29) is 11.6 Å². The van der Waals surface area contributed by atoms with Gasteiger partial charge < -0.3 is 4.90 Å². The average molecular weight is 265 g/mol. The van der Waals surface area contributed by atoms with Gasteiger partial charge in [-0.15, -0.1) is 0 Å². The number of rotatable bonds is 3. The van der Waals surface area contributed by atoms with Crippen LogP contribution in [0.2, 0.25) is 0 Å². The number of nitrogens with zero attached hydrogens (tertiary/aromatic N) is 3. The molecule has 0 aliphatic carbocycles. The van der Waals surface area contributed by atoms with Crippen LogP contribution < -0.4 is 0 Å². The zero-order chi connectivity index (χ0) is 14.5. The molecular formula is C16H15N3O. The number of benzene rings is 1. The number of aromatic nitrogens is 1. The molecule has 0 saturated carbocycles. The SMILES string of the molecule is Cc1cccc(CN(C)C(=O)c2ccnc(C#N)c2)c1. The number of nitriles is 1. The summed E-state index contributed by atoms with van der Waals surface area (Å²) in [5, 5.41) is 8.81. The highest BCUT2D eigenvalue weighted by Crippen LogP contribution is 2.10. The Morgan fingerprint density at radius 2 is 2.15 bits per heavy atom. The average Bonchev–Trinajstić information content (AvgIpc) is 2.46. The Kier molecular flexibility index (Phi) is 4.11. The van der Waals surface area contributed by atoms with Crippen LogP contribution in [0.1, 0.15) is 27.2 Å². The van der Waals surface area contributed by atoms with Crippen LogP contribution in [0.5, 0.6) is 0 Å². The number of hydrogen-bond acceptors (Lipinski definition) is 3. The minimum Gasteiger partial charge on any atom is -0.337 e. The maximum absolute atomic E-state index is 12.3. The second kappa shape index (κ2) is 5.98. The van der Waals surface area contributed by atoms with Crippen LogP contribution >= 0.6 is 0 Å². The molecule has 1 heterocycles. The van der Waals surface area contributed by atoms with Crippen molar-refractivity contribution in [2.24, 2.45) is 0 Å². The first-order valence-electron chi connectivity index (χ1n) is 6.27. The minimum absolute atomic E-state index is 0.120. The lowest BCUT2D eigenvalue weighted by Gasteiger charge is -2.17. The molecule has 100 valence electrons. The first-order chi connectivity index (χ1) is 9.60. The first kappa shape index (κ1) is 13.8. The van der Waals surface area contributed by atoms with E-state index in [1.807, 2.05) is 31.2 Å². The maximum atomic E-state index is 12.3. The van der Waals surface area contributed by atoms with E-state index >= 15 is 0 Å². The third-order valence-electron chi connectivity index (χ3n) is 2.97. The zero-order valence-corrected chi connectivity index (χ0v) is 11.5. The molecule has 4 nitrogen and oxygen atoms in total. The van der Waals surface area contributed by atoms with Gasteiger partial charge in [0.15, 0.2) is 0 Å². The van der Waals surface area contributed by atoms with Gasteiger partial charge in [-0.25, -0.2) is 4.98 Å². The van der Waals surface area contributed by atoms with E-state index in [2.05, 4.69) is 11.1 Å². The molecule has 0 saturated heterocycles. The van der Waals surface area contributed by atoms with E-state index in [9.17, 15) is 4.79 Å². The predicted molar refractivity (Wildman–Crippen MR) is 75.9 cm³/mol. The summed E-state index contributed by atoms with van der Waals surface area (Å²) in [5.41, 5.74) is 2.97. The van der Waals surface area contributed by atoms with Crippen molar-refractivity contribution in [2.45, 2.75) is 13.5 Å². The third-order valence-corrected chi connectivity index (χ3v) is 2.97. The summed E-state index contributed by atoms with van der Waals surface area (Å²) in [7, 11) is 1.75. The predicted octanol–water partition coefficient (Wildman–Crippen LogP) is 2.53. The van der Waals surface area contributed by atoms with Crippen LogP contribution in [-0.4, -0.2) is 22.8 Å². The van der Waals surface area contributed by atoms with Crippen molar-refractivity contribution in [3.8, 4) is 6.07 Å². The summed E-state index contributed by atoms with van der Waals surface area (Å²) < 4.78 is 0. The van der Waals surface area contributed by atoms with Gasteiger partial charge in [-0.3, -0.25) is 4.79 Å². The summed E-state index contributed by atoms with van der Waals surface area (Å²) in [4.78, 5) is 17.8. The lowest BCUT2D eigenvalue weighted by Crippen LogP contribution is -2.26. The second-order valence-corrected chi connectivity index (χ2v) is 4.69. The molecular weight excluding hydrogens is 250 g/mol. The Balaban J connectivity index is 2.14. The number of aryl methyl sites for hydroxylation is 1. The largest absolute Gasteiger partial charge is 0.337 e. The number of carbonyl (C=O) groups is 1. The zero-order valence-electron chi connectivity index (χ0n) is 11.5. The molecule has 2 rings (SSSR count). The molecule has 2 aromatic rings. The Morgan fingerprint density at radius 1 is 1.35 bits per heavy atom. The highest BCUT2D eigenvalue weighted by Gasteiger charge is 2.12. The molecule has 4 heteroatoms. The van der Waals surface area contributed by atoms with E-state index < -0.39 is 0 Å². The maximum Gasteiger partial charge on any atom is 0.254 e. The molecule has 0 aliphatic heterocycles. The summed E-state index contributed by atoms with van der Waals surface area (Å²) in [5.74, 6) is -0.120. The highest BCUT2D eigenvalue weighted by molar-refractivity contribution is 5.94. The number of hydrogen-bond donors (Lipinski definition) is 0. The second-order valence-electron chi connectivity index (χ2n) is 4.69. The van der Waals surface area contributed by atoms with Crippen LogP contribution in [0.25, 0.3) is 0 Å². The van der Waals surface area contributed by atoms with Gasteiger partial charge in [-0.1, -0.05) is 29.8 Å². The van der Waals surface area contributed by atoms with Crippen LogP contribution in [0.3, 0.4) is 0 Å². The first-order valence-corrected chi connectivity index (χ1v) is 6.27. The van der Waals surface area contributed by atoms with Gasteiger partial charge in [0.05, 0.1) is 0 Å². The molecule has 0 unspecified atom stereocenters. The van der Waals surface area contributed by atoms with Crippen LogP contribution in [-0.2, 0) is 6.54 Å². The molecule has 0 radical (unpaired) electrons. The third kappa shape index (κ3) is 3.21. The number of pyridine rings is 1. The lowest BCUT2D eigenvalue weighted by atomic mass is 10.1. The Labute approximate surface area is 118 Å². The van der Waals surface area contributed by atoms with Crippen molar-refractivity contribution in [3.05, 3.63) is 65.0 Å². The van der Waals surface area contributed by atoms with Gasteiger partial charge in [-0.2, -0.15) is 5.26 Å². The molecule has 0 aliphatic rings. The van der Waals surface area contributed by atoms with E-state index in [4.69, 9.17) is 5.26 Å². The summed E-state index contributed by atoms with van der Waals surface area (Å²) in [6.45, 7) is 2.55. The van der Waals surface area contributed by atoms with Gasteiger partial charge in [0.1, 0.15) is 11.8 Å². The van der Waals surface area contributed by atoms with Crippen LogP contribution in [0, 0.1) is 18.3 Å². The van der Waals surface area contributed by atoms with Crippen molar-refractivity contribution >= 4 is 5.91 Å². The van der Waals surface area contributed by atoms with Gasteiger partial charge in [0, 0.05) is 25.4 Å². The fourth-order valence-electron chi connectivity index (χ4n) is 2.00. The van der Waals surface area contributed by atoms with Crippen molar-refractivity contribution in [2.75, 3.05) is 7.05 Å². The van der Waals surface area contributed by atoms with Gasteiger partial charge >= 0.3 is 0 Å². The van der Waals surface area contributed by atoms with Crippen molar-refractivity contribution < 1.29 is 4.79 Å². The van der Waals surface area contributed by atoms with E-state index in [1.165, 1.54) is 17.8 Å². The number of carbonyl (C=O) groups excluding carboxylic acids is 1. The van der Waals surface area contributed by atoms with Crippen LogP contribution in [0.4, 0.5) is 0 Å². The molecule has 20 heavy (non-hydrogen) atoms. The normalized spacial score (nSPS) is 9.85. The minimum atomic E-state index is -0.120. The van der Waals surface area contributed by atoms with Crippen molar-refractivity contribution in [3.63, 3.8) is 0 Å². The Hall–Kier alpha value is -2.67. The molecule has 1 aromatic heterocycles. The molecule has 0 atom stereocenters. The fraction of sp³-hybridized carbons (Fsp3) is 0.188. The topological polar surface area (TPSA) is 57.0 Å². The quantitative estimate of drug-likeness (QED) is 0.857. The van der Waals surface area contributed by atoms with E-state index in [0.29, 0.717) is 12.1 Å². The lowest BCUT2D eigenvalue weighted by molar-refractivity contribution is 0.0785. The summed E-state index contributed by atoms with van der Waals surface area (Å²) in [6, 6.07) is 13.1. The molecule has 0 N–H and O–H groups in total. The van der Waals surface area contributed by atoms with Gasteiger partial charge in [0.25, 0.3) is 5.91 Å². The number of amides is 1. The van der Waals surface area contributed by atoms with Crippen molar-refractivity contribution in [1.29, 1.82) is 5.26 Å². The fourth-order valence-corrected chi connectivity index (χ4v) is 2.00. The molecule has 0 bridgehead atoms. The molecule has 1 aromatic carbocycles.